The number of rotatable bonds is 6. The van der Waals surface area contributed by atoms with Crippen molar-refractivity contribution in [3.05, 3.63) is 101 Å². The van der Waals surface area contributed by atoms with Crippen LogP contribution in [0.2, 0.25) is 0 Å². The number of ether oxygens (including phenoxy) is 1. The quantitative estimate of drug-likeness (QED) is 0.305. The van der Waals surface area contributed by atoms with Gasteiger partial charge in [-0.15, -0.1) is 0 Å². The zero-order valence-electron chi connectivity index (χ0n) is 19.0. The molecule has 3 aromatic carbocycles. The number of aliphatic hydroxyl groups excluding tert-OH is 1. The molecule has 1 unspecified atom stereocenters. The van der Waals surface area contributed by atoms with E-state index in [0.29, 0.717) is 29.5 Å². The van der Waals surface area contributed by atoms with E-state index in [1.807, 2.05) is 49.4 Å². The van der Waals surface area contributed by atoms with Crippen LogP contribution in [0.4, 0.5) is 5.69 Å². The number of ketones is 1. The van der Waals surface area contributed by atoms with Gasteiger partial charge in [0.15, 0.2) is 0 Å². The smallest absolute Gasteiger partial charge is 0.300 e. The second kappa shape index (κ2) is 9.33. The third kappa shape index (κ3) is 4.53. The van der Waals surface area contributed by atoms with Crippen LogP contribution in [0.25, 0.3) is 5.76 Å². The van der Waals surface area contributed by atoms with Gasteiger partial charge in [-0.05, 0) is 42.7 Å². The van der Waals surface area contributed by atoms with Gasteiger partial charge in [0.05, 0.1) is 18.2 Å². The van der Waals surface area contributed by atoms with Crippen LogP contribution in [-0.4, -0.2) is 23.4 Å². The highest BCUT2D eigenvalue weighted by molar-refractivity contribution is 6.51. The molecule has 0 radical (unpaired) electrons. The lowest BCUT2D eigenvalue weighted by molar-refractivity contribution is -0.132. The Balaban J connectivity index is 1.86. The highest BCUT2D eigenvalue weighted by Crippen LogP contribution is 2.42. The monoisotopic (exact) mass is 441 g/mol. The van der Waals surface area contributed by atoms with E-state index in [9.17, 15) is 14.7 Å². The maximum absolute atomic E-state index is 13.2. The molecule has 5 nitrogen and oxygen atoms in total. The second-order valence-corrected chi connectivity index (χ2v) is 8.65. The van der Waals surface area contributed by atoms with Crippen LogP contribution in [0.3, 0.4) is 0 Å². The number of hydrogen-bond acceptors (Lipinski definition) is 4. The molecular formula is C28H27NO4. The highest BCUT2D eigenvalue weighted by Gasteiger charge is 2.46. The molecule has 1 N–H and O–H groups in total. The Morgan fingerprint density at radius 2 is 1.70 bits per heavy atom. The van der Waals surface area contributed by atoms with Crippen molar-refractivity contribution in [1.29, 1.82) is 0 Å². The molecule has 5 heteroatoms. The summed E-state index contributed by atoms with van der Waals surface area (Å²) in [5.41, 5.74) is 2.84. The predicted molar refractivity (Wildman–Crippen MR) is 129 cm³/mol. The maximum Gasteiger partial charge on any atom is 0.300 e. The standard InChI is InChI=1S/C28H27NO4/c1-18(2)17-33-23-14-8-11-21(16-23)26(30)24-25(20-10-7-9-19(3)15-20)29(28(32)27(24)31)22-12-5-4-6-13-22/h4-16,18,25,30H,17H2,1-3H3/b26-24-. The molecule has 0 spiro atoms. The van der Waals surface area contributed by atoms with Crippen molar-refractivity contribution in [1.82, 2.24) is 0 Å². The molecule has 168 valence electrons. The van der Waals surface area contributed by atoms with Crippen LogP contribution in [-0.2, 0) is 9.59 Å². The Hall–Kier alpha value is -3.86. The molecule has 0 aliphatic carbocycles. The van der Waals surface area contributed by atoms with Crippen molar-refractivity contribution in [2.24, 2.45) is 5.92 Å². The first kappa shape index (κ1) is 22.3. The average Bonchev–Trinajstić information content (AvgIpc) is 3.08. The molecule has 1 heterocycles. The molecule has 1 fully saturated rings. The van der Waals surface area contributed by atoms with Crippen LogP contribution in [0.15, 0.2) is 84.4 Å². The average molecular weight is 442 g/mol. The van der Waals surface area contributed by atoms with Crippen molar-refractivity contribution in [3.8, 4) is 5.75 Å². The minimum Gasteiger partial charge on any atom is -0.507 e. The van der Waals surface area contributed by atoms with Gasteiger partial charge in [-0.2, -0.15) is 0 Å². The molecule has 1 aliphatic heterocycles. The summed E-state index contributed by atoms with van der Waals surface area (Å²) in [7, 11) is 0. The number of para-hydroxylation sites is 1. The van der Waals surface area contributed by atoms with E-state index in [4.69, 9.17) is 4.74 Å². The first-order valence-corrected chi connectivity index (χ1v) is 11.0. The number of aryl methyl sites for hydroxylation is 1. The Labute approximate surface area is 193 Å². The number of carbonyl (C=O) groups is 2. The van der Waals surface area contributed by atoms with Gasteiger partial charge in [-0.3, -0.25) is 14.5 Å². The van der Waals surface area contributed by atoms with Crippen molar-refractivity contribution >= 4 is 23.1 Å². The SMILES string of the molecule is Cc1cccc(C2/C(=C(/O)c3cccc(OCC(C)C)c3)C(=O)C(=O)N2c2ccccc2)c1. The summed E-state index contributed by atoms with van der Waals surface area (Å²) in [6.07, 6.45) is 0. The van der Waals surface area contributed by atoms with Crippen molar-refractivity contribution in [3.63, 3.8) is 0 Å². The van der Waals surface area contributed by atoms with E-state index in [1.54, 1.807) is 36.4 Å². The summed E-state index contributed by atoms with van der Waals surface area (Å²) in [4.78, 5) is 27.9. The van der Waals surface area contributed by atoms with Crippen LogP contribution >= 0.6 is 0 Å². The van der Waals surface area contributed by atoms with Crippen molar-refractivity contribution < 1.29 is 19.4 Å². The normalized spacial score (nSPS) is 17.6. The molecule has 1 aliphatic rings. The predicted octanol–water partition coefficient (Wildman–Crippen LogP) is 5.66. The number of amides is 1. The lowest BCUT2D eigenvalue weighted by atomic mass is 9.94. The van der Waals surface area contributed by atoms with E-state index in [1.165, 1.54) is 4.90 Å². The van der Waals surface area contributed by atoms with Gasteiger partial charge >= 0.3 is 0 Å². The van der Waals surface area contributed by atoms with E-state index in [0.717, 1.165) is 11.1 Å². The molecule has 0 bridgehead atoms. The molecule has 0 aromatic heterocycles. The summed E-state index contributed by atoms with van der Waals surface area (Å²) in [6, 6.07) is 22.9. The first-order valence-electron chi connectivity index (χ1n) is 11.0. The zero-order valence-corrected chi connectivity index (χ0v) is 19.0. The van der Waals surface area contributed by atoms with Gasteiger partial charge in [0.25, 0.3) is 11.7 Å². The molecule has 33 heavy (non-hydrogen) atoms. The van der Waals surface area contributed by atoms with Crippen molar-refractivity contribution in [2.45, 2.75) is 26.8 Å². The Kier molecular flexibility index (Phi) is 6.31. The third-order valence-corrected chi connectivity index (χ3v) is 5.53. The highest BCUT2D eigenvalue weighted by atomic mass is 16.5. The number of carbonyl (C=O) groups excluding carboxylic acids is 2. The fourth-order valence-corrected chi connectivity index (χ4v) is 3.99. The van der Waals surface area contributed by atoms with Crippen LogP contribution in [0.1, 0.15) is 36.6 Å². The Morgan fingerprint density at radius 1 is 0.970 bits per heavy atom. The topological polar surface area (TPSA) is 66.8 Å². The van der Waals surface area contributed by atoms with Gasteiger partial charge in [0.1, 0.15) is 11.5 Å². The van der Waals surface area contributed by atoms with E-state index >= 15 is 0 Å². The molecule has 1 saturated heterocycles. The van der Waals surface area contributed by atoms with E-state index in [-0.39, 0.29) is 11.3 Å². The largest absolute Gasteiger partial charge is 0.507 e. The molecular weight excluding hydrogens is 414 g/mol. The third-order valence-electron chi connectivity index (χ3n) is 5.53. The number of Topliss-reactive ketones (excluding diaryl/α,β-unsaturated/α-hetero) is 1. The lowest BCUT2D eigenvalue weighted by Crippen LogP contribution is -2.29. The Morgan fingerprint density at radius 3 is 2.39 bits per heavy atom. The summed E-state index contributed by atoms with van der Waals surface area (Å²) >= 11 is 0. The minimum atomic E-state index is -0.743. The van der Waals surface area contributed by atoms with E-state index in [2.05, 4.69) is 13.8 Å². The molecule has 4 rings (SSSR count). The summed E-state index contributed by atoms with van der Waals surface area (Å²) in [5, 5.41) is 11.3. The fourth-order valence-electron chi connectivity index (χ4n) is 3.99. The van der Waals surface area contributed by atoms with Crippen LogP contribution < -0.4 is 9.64 Å². The minimum absolute atomic E-state index is 0.0652. The molecule has 1 atom stereocenters. The number of aliphatic hydroxyl groups is 1. The van der Waals surface area contributed by atoms with E-state index < -0.39 is 17.7 Å². The van der Waals surface area contributed by atoms with Gasteiger partial charge < -0.3 is 9.84 Å². The molecule has 0 saturated carbocycles. The maximum atomic E-state index is 13.2. The van der Waals surface area contributed by atoms with Crippen LogP contribution in [0, 0.1) is 12.8 Å². The summed E-state index contributed by atoms with van der Waals surface area (Å²) in [6.45, 7) is 6.59. The molecule has 3 aromatic rings. The summed E-state index contributed by atoms with van der Waals surface area (Å²) in [5.74, 6) is -0.650. The van der Waals surface area contributed by atoms with Gasteiger partial charge in [0.2, 0.25) is 0 Å². The second-order valence-electron chi connectivity index (χ2n) is 8.65. The molecule has 1 amide bonds. The zero-order chi connectivity index (χ0) is 23.5. The summed E-state index contributed by atoms with van der Waals surface area (Å²) < 4.78 is 5.79. The number of hydrogen-bond donors (Lipinski definition) is 1. The van der Waals surface area contributed by atoms with Crippen molar-refractivity contribution in [2.75, 3.05) is 11.5 Å². The van der Waals surface area contributed by atoms with Crippen LogP contribution in [0.5, 0.6) is 5.75 Å². The number of benzene rings is 3. The fraction of sp³-hybridized carbons (Fsp3) is 0.214. The number of nitrogens with zero attached hydrogens (tertiary/aromatic N) is 1. The first-order chi connectivity index (χ1) is 15.9. The number of anilines is 1. The Bertz CT molecular complexity index is 1210. The van der Waals surface area contributed by atoms with Gasteiger partial charge in [-0.1, -0.05) is 74.0 Å². The lowest BCUT2D eigenvalue weighted by Gasteiger charge is -2.25. The van der Waals surface area contributed by atoms with Gasteiger partial charge in [-0.25, -0.2) is 0 Å². The van der Waals surface area contributed by atoms with Gasteiger partial charge in [0, 0.05) is 11.3 Å².